The van der Waals surface area contributed by atoms with Gasteiger partial charge in [-0.1, -0.05) is 11.6 Å². The second kappa shape index (κ2) is 9.59. The van der Waals surface area contributed by atoms with Crippen molar-refractivity contribution in [1.82, 2.24) is 24.5 Å². The number of hydrogen-bond donors (Lipinski definition) is 3. The highest BCUT2D eigenvalue weighted by atomic mass is 35.5. The fourth-order valence-corrected chi connectivity index (χ4v) is 5.86. The van der Waals surface area contributed by atoms with Crippen LogP contribution in [0, 0.1) is 28.1 Å². The number of aliphatic hydroxyl groups is 1. The first kappa shape index (κ1) is 24.7. The summed E-state index contributed by atoms with van der Waals surface area (Å²) < 4.78 is 1.46. The van der Waals surface area contributed by atoms with Gasteiger partial charge in [-0.15, -0.1) is 5.10 Å². The number of halogens is 1. The Bertz CT molecular complexity index is 1450. The van der Waals surface area contributed by atoms with E-state index in [9.17, 15) is 15.6 Å². The van der Waals surface area contributed by atoms with Crippen LogP contribution in [0.3, 0.4) is 0 Å². The molecule has 0 radical (unpaired) electrons. The molecule has 3 fully saturated rings. The predicted octanol–water partition coefficient (Wildman–Crippen LogP) is 3.12. The van der Waals surface area contributed by atoms with Gasteiger partial charge in [-0.2, -0.15) is 20.0 Å². The van der Waals surface area contributed by atoms with Crippen LogP contribution >= 0.6 is 11.6 Å². The molecule has 2 saturated heterocycles. The van der Waals surface area contributed by atoms with Gasteiger partial charge in [0.1, 0.15) is 6.07 Å². The van der Waals surface area contributed by atoms with Gasteiger partial charge in [-0.05, 0) is 50.2 Å². The Morgan fingerprint density at radius 2 is 1.97 bits per heavy atom. The first-order chi connectivity index (χ1) is 18.4. The minimum absolute atomic E-state index is 0.253. The van der Waals surface area contributed by atoms with Crippen LogP contribution in [0.4, 0.5) is 23.1 Å². The van der Waals surface area contributed by atoms with E-state index in [1.54, 1.807) is 6.07 Å². The van der Waals surface area contributed by atoms with Crippen molar-refractivity contribution >= 4 is 40.4 Å². The first-order valence-electron chi connectivity index (χ1n) is 12.9. The number of β-amino-alcohol motifs (C(OH)–C–C–N with tert-alkyl or cyclic N) is 1. The van der Waals surface area contributed by atoms with Gasteiger partial charge in [0.05, 0.1) is 40.3 Å². The number of anilines is 4. The van der Waals surface area contributed by atoms with Crippen molar-refractivity contribution in [2.45, 2.75) is 44.8 Å². The molecule has 1 aliphatic carbocycles. The highest BCUT2D eigenvalue weighted by molar-refractivity contribution is 6.36. The summed E-state index contributed by atoms with van der Waals surface area (Å²) in [6, 6.07) is 8.21. The van der Waals surface area contributed by atoms with E-state index in [0.29, 0.717) is 44.9 Å². The minimum Gasteiger partial charge on any atom is -0.392 e. The van der Waals surface area contributed by atoms with Gasteiger partial charge in [0, 0.05) is 38.8 Å². The van der Waals surface area contributed by atoms with E-state index in [4.69, 9.17) is 11.6 Å². The van der Waals surface area contributed by atoms with Crippen molar-refractivity contribution in [3.63, 3.8) is 0 Å². The molecule has 1 saturated carbocycles. The zero-order valence-electron chi connectivity index (χ0n) is 21.2. The van der Waals surface area contributed by atoms with Crippen LogP contribution in [0.25, 0.3) is 5.65 Å². The number of likely N-dealkylation sites (tertiary alicyclic amines) is 1. The van der Waals surface area contributed by atoms with Crippen LogP contribution in [-0.2, 0) is 0 Å². The number of aromatic nitrogens is 4. The van der Waals surface area contributed by atoms with Gasteiger partial charge >= 0.3 is 0 Å². The van der Waals surface area contributed by atoms with Gasteiger partial charge in [0.15, 0.2) is 17.2 Å². The molecule has 2 aliphatic heterocycles. The summed E-state index contributed by atoms with van der Waals surface area (Å²) in [5.41, 5.74) is 2.90. The van der Waals surface area contributed by atoms with E-state index in [1.807, 2.05) is 13.0 Å². The lowest BCUT2D eigenvalue weighted by atomic mass is 9.72. The van der Waals surface area contributed by atoms with Gasteiger partial charge in [0.25, 0.3) is 0 Å². The molecule has 3 aromatic rings. The summed E-state index contributed by atoms with van der Waals surface area (Å²) in [6.45, 7) is 6.26. The molecule has 4 heterocycles. The molecule has 0 bridgehead atoms. The standard InChI is InChI=1S/C26H29ClN10O/c1-16(38)13-35-14-26(15-35)4-6-36(7-5-26)21-9-17(10-28)8-20(22(21)27)32-25-33-23(31-18-2-3-18)24-30-12-19(11-29)37(24)34-25/h8-9,12,16,18,38H,2-7,13-15H2,1H3,(H2,31,32,33,34). The monoisotopic (exact) mass is 532 g/mol. The topological polar surface area (TPSA) is 141 Å². The van der Waals surface area contributed by atoms with E-state index in [2.05, 4.69) is 47.6 Å². The van der Waals surface area contributed by atoms with Crippen LogP contribution < -0.4 is 15.5 Å². The molecule has 1 spiro atoms. The Morgan fingerprint density at radius 1 is 1.21 bits per heavy atom. The van der Waals surface area contributed by atoms with Crippen LogP contribution in [0.5, 0.6) is 0 Å². The van der Waals surface area contributed by atoms with Crippen molar-refractivity contribution in [1.29, 1.82) is 10.5 Å². The van der Waals surface area contributed by atoms with Crippen LogP contribution in [0.15, 0.2) is 18.3 Å². The lowest BCUT2D eigenvalue weighted by molar-refractivity contribution is -0.0387. The quantitative estimate of drug-likeness (QED) is 0.415. The van der Waals surface area contributed by atoms with E-state index >= 15 is 0 Å². The number of hydrogen-bond acceptors (Lipinski definition) is 10. The molecule has 196 valence electrons. The fourth-order valence-electron chi connectivity index (χ4n) is 5.59. The van der Waals surface area contributed by atoms with Crippen LogP contribution in [0.1, 0.15) is 43.9 Å². The van der Waals surface area contributed by atoms with Crippen LogP contribution in [-0.4, -0.2) is 74.5 Å². The summed E-state index contributed by atoms with van der Waals surface area (Å²) in [5, 5.41) is 40.5. The number of fused-ring (bicyclic) bond motifs is 1. The molecule has 3 N–H and O–H groups in total. The lowest BCUT2D eigenvalue weighted by Gasteiger charge is -2.54. The van der Waals surface area contributed by atoms with E-state index in [1.165, 1.54) is 10.7 Å². The Balaban J connectivity index is 1.25. The maximum absolute atomic E-state index is 9.75. The zero-order valence-corrected chi connectivity index (χ0v) is 21.9. The summed E-state index contributed by atoms with van der Waals surface area (Å²) in [4.78, 5) is 13.5. The van der Waals surface area contributed by atoms with Crippen molar-refractivity contribution < 1.29 is 5.11 Å². The largest absolute Gasteiger partial charge is 0.392 e. The normalized spacial score (nSPS) is 19.6. The highest BCUT2D eigenvalue weighted by Gasteiger charge is 2.45. The SMILES string of the molecule is CC(O)CN1CC2(CCN(c3cc(C#N)cc(Nc4nc(NC5CC5)c5ncc(C#N)n5n4)c3Cl)CC2)C1. The molecule has 3 aliphatic rings. The fraction of sp³-hybridized carbons (Fsp3) is 0.500. The molecule has 1 unspecified atom stereocenters. The van der Waals surface area contributed by atoms with Crippen molar-refractivity contribution in [3.8, 4) is 12.1 Å². The highest BCUT2D eigenvalue weighted by Crippen LogP contribution is 2.44. The van der Waals surface area contributed by atoms with Gasteiger partial charge in [0.2, 0.25) is 5.95 Å². The van der Waals surface area contributed by atoms with Crippen molar-refractivity contribution in [2.24, 2.45) is 5.41 Å². The number of imidazole rings is 1. The maximum atomic E-state index is 9.75. The summed E-state index contributed by atoms with van der Waals surface area (Å²) in [5.74, 6) is 0.800. The summed E-state index contributed by atoms with van der Waals surface area (Å²) >= 11 is 6.92. The lowest BCUT2D eigenvalue weighted by Crippen LogP contribution is -2.61. The smallest absolute Gasteiger partial charge is 0.247 e. The Hall–Kier alpha value is -3.64. The summed E-state index contributed by atoms with van der Waals surface area (Å²) in [7, 11) is 0. The second-order valence-corrected chi connectivity index (χ2v) is 11.2. The molecule has 6 rings (SSSR count). The molecule has 1 aromatic carbocycles. The number of aliphatic hydroxyl groups excluding tert-OH is 1. The molecule has 38 heavy (non-hydrogen) atoms. The van der Waals surface area contributed by atoms with Gasteiger partial charge in [-0.25, -0.2) is 4.98 Å². The van der Waals surface area contributed by atoms with Crippen LogP contribution in [0.2, 0.25) is 5.02 Å². The number of nitriles is 2. The molecule has 11 nitrogen and oxygen atoms in total. The van der Waals surface area contributed by atoms with E-state index < -0.39 is 0 Å². The van der Waals surface area contributed by atoms with E-state index in [0.717, 1.165) is 64.1 Å². The molecule has 0 amide bonds. The average Bonchev–Trinajstić information content (AvgIpc) is 3.60. The molecule has 12 heteroatoms. The third kappa shape index (κ3) is 4.69. The number of rotatable bonds is 7. The van der Waals surface area contributed by atoms with Crippen molar-refractivity contribution in [3.05, 3.63) is 34.6 Å². The number of piperidine rings is 1. The summed E-state index contributed by atoms with van der Waals surface area (Å²) in [6.07, 6.45) is 5.35. The third-order valence-corrected chi connectivity index (χ3v) is 8.03. The second-order valence-electron chi connectivity index (χ2n) is 10.8. The number of benzene rings is 1. The molecule has 2 aromatic heterocycles. The Kier molecular flexibility index (Phi) is 6.23. The van der Waals surface area contributed by atoms with E-state index in [-0.39, 0.29) is 12.1 Å². The Morgan fingerprint density at radius 3 is 2.63 bits per heavy atom. The molecular formula is C26H29ClN10O. The molecular weight excluding hydrogens is 504 g/mol. The van der Waals surface area contributed by atoms with Gasteiger partial charge < -0.3 is 20.6 Å². The Labute approximate surface area is 225 Å². The number of nitrogens with one attached hydrogen (secondary N) is 2. The van der Waals surface area contributed by atoms with Crippen molar-refractivity contribution in [2.75, 3.05) is 48.3 Å². The first-order valence-corrected chi connectivity index (χ1v) is 13.3. The zero-order chi connectivity index (χ0) is 26.4. The molecule has 1 atom stereocenters. The van der Waals surface area contributed by atoms with Gasteiger partial charge in [-0.3, -0.25) is 4.90 Å². The minimum atomic E-state index is -0.309. The maximum Gasteiger partial charge on any atom is 0.247 e. The predicted molar refractivity (Wildman–Crippen MR) is 144 cm³/mol. The third-order valence-electron chi connectivity index (χ3n) is 7.63. The number of nitrogens with zero attached hydrogens (tertiary/aromatic N) is 8. The average molecular weight is 533 g/mol.